The molecule has 4 aromatic rings. The monoisotopic (exact) mass is 499 g/mol. The molecule has 2 N–H and O–H groups in total. The van der Waals surface area contributed by atoms with Crippen LogP contribution in [0.4, 0.5) is 11.4 Å². The molecule has 8 nitrogen and oxygen atoms in total. The average Bonchev–Trinajstić information content (AvgIpc) is 3.10. The van der Waals surface area contributed by atoms with E-state index in [1.54, 1.807) is 55.5 Å². The number of amides is 1. The van der Waals surface area contributed by atoms with E-state index >= 15 is 0 Å². The van der Waals surface area contributed by atoms with Crippen LogP contribution in [0.25, 0.3) is 11.1 Å². The van der Waals surface area contributed by atoms with Crippen molar-refractivity contribution in [1.82, 2.24) is 4.57 Å². The maximum Gasteiger partial charge on any atom is 0.419 e. The number of benzene rings is 3. The second-order valence-electron chi connectivity index (χ2n) is 7.74. The summed E-state index contributed by atoms with van der Waals surface area (Å²) in [7, 11) is -3.90. The summed E-state index contributed by atoms with van der Waals surface area (Å²) in [5, 5.41) is 3.13. The van der Waals surface area contributed by atoms with Gasteiger partial charge in [0.15, 0.2) is 5.58 Å². The van der Waals surface area contributed by atoms with Crippen molar-refractivity contribution in [3.63, 3.8) is 0 Å². The second kappa shape index (κ2) is 9.74. The van der Waals surface area contributed by atoms with E-state index in [1.807, 2.05) is 6.07 Å². The number of para-hydroxylation sites is 2. The summed E-state index contributed by atoms with van der Waals surface area (Å²) >= 11 is 5.94. The number of anilines is 2. The van der Waals surface area contributed by atoms with Crippen LogP contribution in [-0.2, 0) is 21.4 Å². The van der Waals surface area contributed by atoms with Crippen molar-refractivity contribution in [3.8, 4) is 0 Å². The van der Waals surface area contributed by atoms with Crippen LogP contribution in [0.5, 0.6) is 0 Å². The Labute approximate surface area is 201 Å². The van der Waals surface area contributed by atoms with Crippen LogP contribution < -0.4 is 15.8 Å². The molecule has 0 aliphatic rings. The molecule has 0 spiro atoms. The second-order valence-corrected chi connectivity index (χ2v) is 9.82. The maximum absolute atomic E-state index is 12.9. The highest BCUT2D eigenvalue weighted by molar-refractivity contribution is 7.92. The number of nitrogens with one attached hydrogen (secondary N) is 2. The van der Waals surface area contributed by atoms with Crippen LogP contribution in [0, 0.1) is 6.92 Å². The highest BCUT2D eigenvalue weighted by Crippen LogP contribution is 2.24. The lowest BCUT2D eigenvalue weighted by Crippen LogP contribution is -2.18. The van der Waals surface area contributed by atoms with Gasteiger partial charge < -0.3 is 9.73 Å². The van der Waals surface area contributed by atoms with Gasteiger partial charge in [-0.1, -0.05) is 35.9 Å². The summed E-state index contributed by atoms with van der Waals surface area (Å²) in [4.78, 5) is 24.5. The Morgan fingerprint density at radius 3 is 2.62 bits per heavy atom. The first-order valence-electron chi connectivity index (χ1n) is 10.5. The lowest BCUT2D eigenvalue weighted by molar-refractivity contribution is -0.116. The first-order chi connectivity index (χ1) is 16.2. The van der Waals surface area contributed by atoms with Gasteiger partial charge in [0.2, 0.25) is 5.91 Å². The summed E-state index contributed by atoms with van der Waals surface area (Å²) in [5.41, 5.74) is 2.39. The van der Waals surface area contributed by atoms with Crippen molar-refractivity contribution in [3.05, 3.63) is 87.9 Å². The number of halogens is 1. The van der Waals surface area contributed by atoms with Crippen molar-refractivity contribution in [2.75, 3.05) is 10.0 Å². The summed E-state index contributed by atoms with van der Waals surface area (Å²) in [6.07, 6.45) is 0.547. The molecule has 0 unspecified atom stereocenters. The number of oxazole rings is 1. The molecule has 3 aromatic carbocycles. The number of hydrogen-bond donors (Lipinski definition) is 2. The Hall–Kier alpha value is -3.56. The standard InChI is InChI=1S/C24H22ClN3O5S/c1-16-11-12-18(15-22(16)34(31,32)27-19-7-4-6-17(25)14-19)26-23(29)10-5-13-28-20-8-2-3-9-21(20)33-24(28)30/h2-4,6-9,11-12,14-15,27H,5,10,13H2,1H3,(H,26,29). The molecule has 1 heterocycles. The number of carbonyl (C=O) groups is 1. The van der Waals surface area contributed by atoms with Crippen LogP contribution in [-0.4, -0.2) is 18.9 Å². The number of aryl methyl sites for hydroxylation is 2. The minimum absolute atomic E-state index is 0.0432. The van der Waals surface area contributed by atoms with Gasteiger partial charge in [0.25, 0.3) is 10.0 Å². The first-order valence-corrected chi connectivity index (χ1v) is 12.4. The zero-order chi connectivity index (χ0) is 24.3. The van der Waals surface area contributed by atoms with E-state index in [1.165, 1.54) is 16.7 Å². The number of sulfonamides is 1. The number of nitrogens with zero attached hydrogens (tertiary/aromatic N) is 1. The van der Waals surface area contributed by atoms with Crippen molar-refractivity contribution >= 4 is 50.0 Å². The van der Waals surface area contributed by atoms with Crippen LogP contribution in [0.1, 0.15) is 18.4 Å². The van der Waals surface area contributed by atoms with E-state index in [4.69, 9.17) is 16.0 Å². The molecule has 0 saturated carbocycles. The molecule has 0 bridgehead atoms. The predicted octanol–water partition coefficient (Wildman–Crippen LogP) is 4.78. The molecule has 34 heavy (non-hydrogen) atoms. The predicted molar refractivity (Wildman–Crippen MR) is 132 cm³/mol. The Bertz CT molecular complexity index is 1530. The molecule has 1 amide bonds. The van der Waals surface area contributed by atoms with E-state index in [2.05, 4.69) is 10.0 Å². The molecular weight excluding hydrogens is 478 g/mol. The maximum atomic E-state index is 12.9. The van der Waals surface area contributed by atoms with Gasteiger partial charge in [0.05, 0.1) is 16.1 Å². The number of fused-ring (bicyclic) bond motifs is 1. The van der Waals surface area contributed by atoms with Crippen molar-refractivity contribution in [2.45, 2.75) is 31.2 Å². The van der Waals surface area contributed by atoms with Crippen molar-refractivity contribution in [1.29, 1.82) is 0 Å². The van der Waals surface area contributed by atoms with Crippen LogP contribution in [0.2, 0.25) is 5.02 Å². The fraction of sp³-hybridized carbons (Fsp3) is 0.167. The number of hydrogen-bond acceptors (Lipinski definition) is 5. The third-order valence-corrected chi connectivity index (χ3v) is 6.96. The SMILES string of the molecule is Cc1ccc(NC(=O)CCCn2c(=O)oc3ccccc32)cc1S(=O)(=O)Nc1cccc(Cl)c1. The first kappa shape index (κ1) is 23.6. The minimum Gasteiger partial charge on any atom is -0.408 e. The summed E-state index contributed by atoms with van der Waals surface area (Å²) in [6, 6.07) is 18.2. The molecule has 0 aliphatic carbocycles. The third-order valence-electron chi connectivity index (χ3n) is 5.20. The highest BCUT2D eigenvalue weighted by Gasteiger charge is 2.18. The van der Waals surface area contributed by atoms with Crippen molar-refractivity contribution in [2.24, 2.45) is 0 Å². The van der Waals surface area contributed by atoms with Gasteiger partial charge in [-0.15, -0.1) is 0 Å². The molecule has 1 aromatic heterocycles. The summed E-state index contributed by atoms with van der Waals surface area (Å²) < 4.78 is 35.0. The van der Waals surface area contributed by atoms with E-state index in [-0.39, 0.29) is 17.2 Å². The highest BCUT2D eigenvalue weighted by atomic mass is 35.5. The summed E-state index contributed by atoms with van der Waals surface area (Å²) in [6.45, 7) is 1.99. The Kier molecular flexibility index (Phi) is 6.76. The van der Waals surface area contributed by atoms with Gasteiger partial charge in [0.1, 0.15) is 0 Å². The van der Waals surface area contributed by atoms with Crippen LogP contribution >= 0.6 is 11.6 Å². The largest absolute Gasteiger partial charge is 0.419 e. The summed E-state index contributed by atoms with van der Waals surface area (Å²) in [5.74, 6) is -0.766. The molecule has 0 fully saturated rings. The fourth-order valence-corrected chi connectivity index (χ4v) is 5.09. The Morgan fingerprint density at radius 1 is 1.03 bits per heavy atom. The molecule has 0 saturated heterocycles. The lowest BCUT2D eigenvalue weighted by Gasteiger charge is -2.13. The van der Waals surface area contributed by atoms with Gasteiger partial charge in [-0.05, 0) is 61.4 Å². The number of carbonyl (C=O) groups excluding carboxylic acids is 1. The van der Waals surface area contributed by atoms with Gasteiger partial charge in [-0.3, -0.25) is 14.1 Å². The number of rotatable bonds is 8. The van der Waals surface area contributed by atoms with Gasteiger partial charge in [0, 0.05) is 23.7 Å². The fourth-order valence-electron chi connectivity index (χ4n) is 3.58. The van der Waals surface area contributed by atoms with Crippen LogP contribution in [0.3, 0.4) is 0 Å². The van der Waals surface area contributed by atoms with E-state index < -0.39 is 15.8 Å². The molecule has 0 aliphatic heterocycles. The third kappa shape index (κ3) is 5.32. The number of aromatic nitrogens is 1. The molecule has 0 atom stereocenters. The molecule has 176 valence electrons. The Morgan fingerprint density at radius 2 is 1.82 bits per heavy atom. The minimum atomic E-state index is -3.90. The van der Waals surface area contributed by atoms with Gasteiger partial charge >= 0.3 is 5.76 Å². The molecule has 4 rings (SSSR count). The van der Waals surface area contributed by atoms with Gasteiger partial charge in [-0.2, -0.15) is 0 Å². The van der Waals surface area contributed by atoms with Crippen LogP contribution in [0.15, 0.2) is 80.8 Å². The topological polar surface area (TPSA) is 110 Å². The normalized spacial score (nSPS) is 11.5. The Balaban J connectivity index is 1.42. The van der Waals surface area contributed by atoms with E-state index in [0.717, 1.165) is 0 Å². The zero-order valence-electron chi connectivity index (χ0n) is 18.2. The smallest absolute Gasteiger partial charge is 0.408 e. The van der Waals surface area contributed by atoms with E-state index in [0.29, 0.717) is 46.0 Å². The molecular formula is C24H22ClN3O5S. The molecule has 0 radical (unpaired) electrons. The van der Waals surface area contributed by atoms with E-state index in [9.17, 15) is 18.0 Å². The lowest BCUT2D eigenvalue weighted by atomic mass is 10.2. The van der Waals surface area contributed by atoms with Crippen molar-refractivity contribution < 1.29 is 17.6 Å². The zero-order valence-corrected chi connectivity index (χ0v) is 19.8. The molecule has 10 heteroatoms. The quantitative estimate of drug-likeness (QED) is 0.362. The average molecular weight is 500 g/mol. The van der Waals surface area contributed by atoms with Gasteiger partial charge in [-0.25, -0.2) is 13.2 Å².